The molecule has 0 heterocycles. The molecule has 0 saturated carbocycles. The molecule has 9 aromatic carbocycles. The maximum Gasteiger partial charge on any atom is 2.00 e. The average molecular weight is 1040 g/mol. The quantitative estimate of drug-likeness (QED) is 0.0817. The molecule has 0 aliphatic carbocycles. The number of hydrogen-bond donors (Lipinski definition) is 0. The zero-order chi connectivity index (χ0) is 40.7. The summed E-state index contributed by atoms with van der Waals surface area (Å²) >= 11 is 0. The van der Waals surface area contributed by atoms with Crippen LogP contribution in [0.5, 0.6) is 0 Å². The number of hydrogen-bond acceptors (Lipinski definition) is 0. The second-order valence-electron chi connectivity index (χ2n) is 13.0. The molecule has 9 aromatic rings. The Bertz CT molecular complexity index is 1930. The van der Waals surface area contributed by atoms with E-state index in [0.717, 1.165) is 0 Å². The van der Waals surface area contributed by atoms with E-state index < -0.39 is 23.8 Å². The first-order chi connectivity index (χ1) is 29.3. The first kappa shape index (κ1) is 48.6. The van der Waals surface area contributed by atoms with E-state index in [2.05, 4.69) is 280 Å². The van der Waals surface area contributed by atoms with Gasteiger partial charge in [0.25, 0.3) is 0 Å². The summed E-state index contributed by atoms with van der Waals surface area (Å²) in [5.74, 6) is 0. The molecule has 302 valence electrons. The van der Waals surface area contributed by atoms with Crippen LogP contribution in [-0.4, -0.2) is 0 Å². The molecule has 0 bridgehead atoms. The van der Waals surface area contributed by atoms with Crippen LogP contribution in [0.2, 0.25) is 0 Å². The second-order valence-corrected chi connectivity index (χ2v) is 19.7. The Morgan fingerprint density at radius 1 is 0.213 bits per heavy atom. The molecule has 0 fully saturated rings. The van der Waals surface area contributed by atoms with Gasteiger partial charge in [0.05, 0.1) is 0 Å². The molecule has 0 saturated heterocycles. The van der Waals surface area contributed by atoms with Crippen LogP contribution in [0.15, 0.2) is 273 Å². The number of halogens is 1. The molecule has 1 nitrogen and oxygen atoms in total. The average Bonchev–Trinajstić information content (AvgIpc) is 3.34. The first-order valence-corrected chi connectivity index (χ1v) is 23.4. The molecule has 0 aliphatic rings. The summed E-state index contributed by atoms with van der Waals surface area (Å²) in [4.78, 5) is 0. The summed E-state index contributed by atoms with van der Waals surface area (Å²) in [6.07, 6.45) is 0. The number of rotatable bonds is 9. The van der Waals surface area contributed by atoms with Gasteiger partial charge in [0.15, 0.2) is 0 Å². The van der Waals surface area contributed by atoms with E-state index in [0.29, 0.717) is 0 Å². The Hall–Kier alpha value is -5.06. The zero-order valence-corrected chi connectivity index (χ0v) is 39.4. The van der Waals surface area contributed by atoms with Gasteiger partial charge in [-0.1, -0.05) is 273 Å². The predicted molar refractivity (Wildman–Crippen MR) is 260 cm³/mol. The molecule has 0 unspecified atom stereocenters. The SMILES string of the molecule is [C-]#[O+].[Cl-].[H-].[Os+2].c1ccc(P(c2ccccc2)c2ccccc2)cc1.c1ccc(P(c2ccccc2)c2ccccc2)cc1.c1ccc(P(c2ccccc2)c2ccccc2)cc1. The van der Waals surface area contributed by atoms with Gasteiger partial charge < -0.3 is 13.8 Å². The van der Waals surface area contributed by atoms with Crippen molar-refractivity contribution in [2.24, 2.45) is 0 Å². The Kier molecular flexibility index (Phi) is 22.1. The Balaban J connectivity index is 0.000000237. The van der Waals surface area contributed by atoms with E-state index in [1.165, 1.54) is 47.7 Å². The smallest absolute Gasteiger partial charge is 1.00 e. The fourth-order valence-corrected chi connectivity index (χ4v) is 13.5. The molecule has 0 spiro atoms. The fourth-order valence-electron chi connectivity index (χ4n) is 6.54. The van der Waals surface area contributed by atoms with Gasteiger partial charge in [0, 0.05) is 0 Å². The zero-order valence-electron chi connectivity index (χ0n) is 34.5. The van der Waals surface area contributed by atoms with E-state index in [1.807, 2.05) is 0 Å². The monoisotopic (exact) mass is 1040 g/mol. The summed E-state index contributed by atoms with van der Waals surface area (Å²) in [5.41, 5.74) is 0. The number of benzene rings is 9. The summed E-state index contributed by atoms with van der Waals surface area (Å²) in [6.45, 7) is 4.50. The summed E-state index contributed by atoms with van der Waals surface area (Å²) in [7, 11) is -1.34. The Labute approximate surface area is 386 Å². The van der Waals surface area contributed by atoms with Gasteiger partial charge in [-0.25, -0.2) is 0 Å². The molecule has 9 rings (SSSR count). The first-order valence-electron chi connectivity index (χ1n) is 19.4. The molecule has 0 aromatic heterocycles. The van der Waals surface area contributed by atoms with Crippen molar-refractivity contribution in [1.82, 2.24) is 0 Å². The van der Waals surface area contributed by atoms with E-state index in [-0.39, 0.29) is 33.6 Å². The predicted octanol–water partition coefficient (Wildman–Crippen LogP) is 7.41. The van der Waals surface area contributed by atoms with Crippen LogP contribution in [0.4, 0.5) is 0 Å². The van der Waals surface area contributed by atoms with Crippen molar-refractivity contribution in [2.75, 3.05) is 0 Å². The minimum atomic E-state index is -0.446. The van der Waals surface area contributed by atoms with Crippen LogP contribution in [-0.2, 0) is 24.4 Å². The summed E-state index contributed by atoms with van der Waals surface area (Å²) in [6, 6.07) is 97.0. The summed E-state index contributed by atoms with van der Waals surface area (Å²) in [5, 5.41) is 12.6. The van der Waals surface area contributed by atoms with Gasteiger partial charge in [-0.15, -0.1) is 0 Å². The molecular formula is C55H46ClOOsP3. The minimum absolute atomic E-state index is 0. The van der Waals surface area contributed by atoms with Crippen LogP contribution in [0.3, 0.4) is 0 Å². The van der Waals surface area contributed by atoms with Crippen molar-refractivity contribution in [1.29, 1.82) is 0 Å². The maximum atomic E-state index is 7.50. The molecule has 0 atom stereocenters. The van der Waals surface area contributed by atoms with Gasteiger partial charge in [0.2, 0.25) is 0 Å². The van der Waals surface area contributed by atoms with E-state index in [1.54, 1.807) is 0 Å². The van der Waals surface area contributed by atoms with Crippen molar-refractivity contribution in [2.45, 2.75) is 0 Å². The van der Waals surface area contributed by atoms with Crippen LogP contribution >= 0.6 is 23.8 Å². The van der Waals surface area contributed by atoms with Crippen LogP contribution in [0, 0.1) is 6.65 Å². The molecule has 0 N–H and O–H groups in total. The topological polar surface area (TPSA) is 19.9 Å². The normalized spacial score (nSPS) is 9.92. The van der Waals surface area contributed by atoms with Gasteiger partial charge in [-0.3, -0.25) is 0 Å². The van der Waals surface area contributed by atoms with Crippen molar-refractivity contribution in [3.63, 3.8) is 0 Å². The van der Waals surface area contributed by atoms with E-state index in [4.69, 9.17) is 4.65 Å². The Morgan fingerprint density at radius 3 is 0.377 bits per heavy atom. The fraction of sp³-hybridized carbons (Fsp3) is 0. The van der Waals surface area contributed by atoms with Crippen molar-refractivity contribution in [3.8, 4) is 0 Å². The summed E-state index contributed by atoms with van der Waals surface area (Å²) < 4.78 is 7.50. The van der Waals surface area contributed by atoms with Crippen molar-refractivity contribution < 1.29 is 38.3 Å². The van der Waals surface area contributed by atoms with Gasteiger partial charge in [-0.2, -0.15) is 0 Å². The second kappa shape index (κ2) is 27.7. The van der Waals surface area contributed by atoms with Crippen LogP contribution in [0.1, 0.15) is 1.43 Å². The van der Waals surface area contributed by atoms with E-state index in [9.17, 15) is 0 Å². The molecule has 0 amide bonds. The third-order valence-electron chi connectivity index (χ3n) is 9.13. The van der Waals surface area contributed by atoms with Gasteiger partial charge in [0.1, 0.15) is 0 Å². The van der Waals surface area contributed by atoms with Gasteiger partial charge >= 0.3 is 31.1 Å². The molecule has 0 aliphatic heterocycles. The van der Waals surface area contributed by atoms with E-state index >= 15 is 0 Å². The Morgan fingerprint density at radius 2 is 0.295 bits per heavy atom. The largest absolute Gasteiger partial charge is 2.00 e. The van der Waals surface area contributed by atoms with Crippen LogP contribution in [0.25, 0.3) is 0 Å². The van der Waals surface area contributed by atoms with Gasteiger partial charge in [-0.05, 0) is 71.5 Å². The molecule has 61 heavy (non-hydrogen) atoms. The third kappa shape index (κ3) is 14.5. The standard InChI is InChI=1S/3C18H15P.CO.ClH.Os.H/c3*1-4-10-16(11-5-1)19(17-12-6-2-7-13-17)18-14-8-3-9-15-18;1-2;;;/h3*1-15H;;1H;;/q;;;;;+2;-1/p-1. The maximum absolute atomic E-state index is 7.50. The van der Waals surface area contributed by atoms with Crippen molar-refractivity contribution >= 4 is 71.5 Å². The van der Waals surface area contributed by atoms with Crippen LogP contribution < -0.4 is 60.1 Å². The third-order valence-corrected chi connectivity index (χ3v) is 16.5. The van der Waals surface area contributed by atoms with Crippen molar-refractivity contribution in [3.05, 3.63) is 280 Å². The molecule has 6 heteroatoms. The minimum Gasteiger partial charge on any atom is -1.00 e. The molecule has 0 radical (unpaired) electrons. The molecular weight excluding hydrogens is 995 g/mol.